The quantitative estimate of drug-likeness (QED) is 0.842. The number of thioether (sulfide) groups is 2. The number of nitrogens with one attached hydrogen (secondary N) is 1. The monoisotopic (exact) mass is 293 g/mol. The Balaban J connectivity index is 1.79. The first kappa shape index (κ1) is 12.6. The van der Waals surface area contributed by atoms with Gasteiger partial charge < -0.3 is 5.11 Å². The number of carbonyl (C=O) groups is 1. The Morgan fingerprint density at radius 3 is 3.21 bits per heavy atom. The maximum Gasteiger partial charge on any atom is 0.313 e. The number of rotatable bonds is 4. The summed E-state index contributed by atoms with van der Waals surface area (Å²) in [5.74, 6) is 1.08. The molecule has 0 radical (unpaired) electrons. The van der Waals surface area contributed by atoms with Crippen molar-refractivity contribution in [2.24, 2.45) is 0 Å². The molecule has 0 aliphatic carbocycles. The summed E-state index contributed by atoms with van der Waals surface area (Å²) in [6.07, 6.45) is 0. The number of aromatic nitrogens is 3. The van der Waals surface area contributed by atoms with Crippen molar-refractivity contribution in [3.8, 4) is 0 Å². The second-order valence-electron chi connectivity index (χ2n) is 4.09. The van der Waals surface area contributed by atoms with Gasteiger partial charge in [0, 0.05) is 10.6 Å². The van der Waals surface area contributed by atoms with Crippen LogP contribution in [0.3, 0.4) is 0 Å². The third kappa shape index (κ3) is 2.62. The number of benzene rings is 1. The van der Waals surface area contributed by atoms with Gasteiger partial charge >= 0.3 is 5.97 Å². The van der Waals surface area contributed by atoms with Gasteiger partial charge in [-0.2, -0.15) is 0 Å². The Morgan fingerprint density at radius 2 is 2.37 bits per heavy atom. The molecule has 5 nitrogen and oxygen atoms in total. The van der Waals surface area contributed by atoms with Gasteiger partial charge in [-0.05, 0) is 11.6 Å². The van der Waals surface area contributed by atoms with Crippen LogP contribution < -0.4 is 0 Å². The van der Waals surface area contributed by atoms with Crippen LogP contribution in [0.5, 0.6) is 0 Å². The van der Waals surface area contributed by atoms with E-state index in [9.17, 15) is 4.79 Å². The first-order valence-electron chi connectivity index (χ1n) is 5.72. The van der Waals surface area contributed by atoms with Crippen molar-refractivity contribution in [2.75, 3.05) is 11.5 Å². The van der Waals surface area contributed by atoms with Crippen LogP contribution in [0.25, 0.3) is 0 Å². The first-order valence-corrected chi connectivity index (χ1v) is 7.70. The van der Waals surface area contributed by atoms with Gasteiger partial charge in [0.05, 0.1) is 11.7 Å². The lowest BCUT2D eigenvalue weighted by Crippen LogP contribution is -2.02. The van der Waals surface area contributed by atoms with Crippen molar-refractivity contribution in [2.45, 2.75) is 16.0 Å². The van der Waals surface area contributed by atoms with E-state index in [4.69, 9.17) is 5.11 Å². The standard InChI is InChI=1S/C12H11N3O2S2/c16-10(17)6-19-12-13-11(14-15-12)8-5-18-9-4-2-1-3-7(8)9/h1-4,8H,5-6H2,(H,16,17)(H,13,14,15). The molecule has 2 heterocycles. The van der Waals surface area contributed by atoms with E-state index in [2.05, 4.69) is 27.3 Å². The number of nitrogens with zero attached hydrogens (tertiary/aromatic N) is 2. The summed E-state index contributed by atoms with van der Waals surface area (Å²) in [6.45, 7) is 0. The van der Waals surface area contributed by atoms with E-state index in [0.29, 0.717) is 5.16 Å². The zero-order chi connectivity index (χ0) is 13.2. The molecular formula is C12H11N3O2S2. The van der Waals surface area contributed by atoms with E-state index < -0.39 is 5.97 Å². The van der Waals surface area contributed by atoms with E-state index in [1.54, 1.807) is 0 Å². The Labute approximate surface area is 118 Å². The normalized spacial score (nSPS) is 17.4. The average Bonchev–Trinajstić information content (AvgIpc) is 3.02. The molecule has 7 heteroatoms. The van der Waals surface area contributed by atoms with Gasteiger partial charge in [-0.3, -0.25) is 9.89 Å². The predicted octanol–water partition coefficient (Wildman–Crippen LogP) is 2.22. The zero-order valence-electron chi connectivity index (χ0n) is 9.87. The fraction of sp³-hybridized carbons (Fsp3) is 0.250. The maximum atomic E-state index is 10.5. The average molecular weight is 293 g/mol. The van der Waals surface area contributed by atoms with Gasteiger partial charge in [0.2, 0.25) is 5.16 Å². The fourth-order valence-electron chi connectivity index (χ4n) is 1.99. The SMILES string of the molecule is O=C(O)CSc1n[nH]c(C2CSc3ccccc32)n1. The van der Waals surface area contributed by atoms with E-state index in [-0.39, 0.29) is 11.7 Å². The topological polar surface area (TPSA) is 78.9 Å². The molecular weight excluding hydrogens is 282 g/mol. The molecule has 1 aliphatic rings. The Hall–Kier alpha value is -1.47. The number of H-pyrrole nitrogens is 1. The molecule has 0 spiro atoms. The van der Waals surface area contributed by atoms with Crippen molar-refractivity contribution in [1.82, 2.24) is 15.2 Å². The molecule has 0 saturated heterocycles. The molecule has 98 valence electrons. The van der Waals surface area contributed by atoms with Crippen LogP contribution in [0, 0.1) is 0 Å². The highest BCUT2D eigenvalue weighted by molar-refractivity contribution is 8.00. The van der Waals surface area contributed by atoms with Crippen LogP contribution >= 0.6 is 23.5 Å². The molecule has 0 saturated carbocycles. The van der Waals surface area contributed by atoms with Crippen molar-refractivity contribution >= 4 is 29.5 Å². The van der Waals surface area contributed by atoms with E-state index in [0.717, 1.165) is 23.3 Å². The highest BCUT2D eigenvalue weighted by atomic mass is 32.2. The summed E-state index contributed by atoms with van der Waals surface area (Å²) in [6, 6.07) is 8.26. The van der Waals surface area contributed by atoms with Gasteiger partial charge in [0.1, 0.15) is 5.82 Å². The minimum atomic E-state index is -0.863. The summed E-state index contributed by atoms with van der Waals surface area (Å²) in [5.41, 5.74) is 1.26. The Morgan fingerprint density at radius 1 is 1.53 bits per heavy atom. The molecule has 19 heavy (non-hydrogen) atoms. The predicted molar refractivity (Wildman–Crippen MR) is 73.8 cm³/mol. The summed E-state index contributed by atoms with van der Waals surface area (Å²) in [4.78, 5) is 16.2. The van der Waals surface area contributed by atoms with Crippen molar-refractivity contribution < 1.29 is 9.90 Å². The lowest BCUT2D eigenvalue weighted by Gasteiger charge is -2.05. The number of fused-ring (bicyclic) bond motifs is 1. The van der Waals surface area contributed by atoms with E-state index >= 15 is 0 Å². The minimum Gasteiger partial charge on any atom is -0.481 e. The molecule has 3 rings (SSSR count). The lowest BCUT2D eigenvalue weighted by atomic mass is 10.0. The van der Waals surface area contributed by atoms with Crippen molar-refractivity contribution in [3.63, 3.8) is 0 Å². The molecule has 0 bridgehead atoms. The smallest absolute Gasteiger partial charge is 0.313 e. The number of carboxylic acids is 1. The maximum absolute atomic E-state index is 10.5. The lowest BCUT2D eigenvalue weighted by molar-refractivity contribution is -0.133. The summed E-state index contributed by atoms with van der Waals surface area (Å²) >= 11 is 2.94. The fourth-order valence-corrected chi connectivity index (χ4v) is 3.75. The Bertz CT molecular complexity index is 615. The van der Waals surface area contributed by atoms with Crippen molar-refractivity contribution in [1.29, 1.82) is 0 Å². The van der Waals surface area contributed by atoms with E-state index in [1.165, 1.54) is 10.5 Å². The van der Waals surface area contributed by atoms with Crippen LogP contribution in [-0.2, 0) is 4.79 Å². The van der Waals surface area contributed by atoms with Crippen LogP contribution in [0.4, 0.5) is 0 Å². The number of hydrogen-bond acceptors (Lipinski definition) is 5. The molecule has 1 aromatic carbocycles. The molecule has 0 fully saturated rings. The highest BCUT2D eigenvalue weighted by Gasteiger charge is 2.27. The second-order valence-corrected chi connectivity index (χ2v) is 6.09. The van der Waals surface area contributed by atoms with Crippen LogP contribution in [0.15, 0.2) is 34.3 Å². The minimum absolute atomic E-state index is 0.0205. The summed E-state index contributed by atoms with van der Waals surface area (Å²) < 4.78 is 0. The molecule has 1 aliphatic heterocycles. The molecule has 1 aromatic heterocycles. The number of carboxylic acid groups (broad SMARTS) is 1. The van der Waals surface area contributed by atoms with Gasteiger partial charge in [0.15, 0.2) is 0 Å². The zero-order valence-corrected chi connectivity index (χ0v) is 11.5. The molecule has 0 amide bonds. The molecule has 2 N–H and O–H groups in total. The van der Waals surface area contributed by atoms with Gasteiger partial charge in [-0.25, -0.2) is 4.98 Å². The van der Waals surface area contributed by atoms with Gasteiger partial charge in [-0.15, -0.1) is 16.9 Å². The third-order valence-electron chi connectivity index (χ3n) is 2.84. The van der Waals surface area contributed by atoms with Gasteiger partial charge in [0.25, 0.3) is 0 Å². The van der Waals surface area contributed by atoms with Crippen LogP contribution in [0.1, 0.15) is 17.3 Å². The molecule has 2 aromatic rings. The van der Waals surface area contributed by atoms with Crippen LogP contribution in [0.2, 0.25) is 0 Å². The molecule has 1 unspecified atom stereocenters. The highest BCUT2D eigenvalue weighted by Crippen LogP contribution is 2.41. The number of hydrogen-bond donors (Lipinski definition) is 2. The second kappa shape index (κ2) is 5.26. The largest absolute Gasteiger partial charge is 0.481 e. The number of aliphatic carboxylic acids is 1. The van der Waals surface area contributed by atoms with Gasteiger partial charge in [-0.1, -0.05) is 30.0 Å². The summed E-state index contributed by atoms with van der Waals surface area (Å²) in [5, 5.41) is 16.1. The van der Waals surface area contributed by atoms with E-state index in [1.807, 2.05) is 23.9 Å². The summed E-state index contributed by atoms with van der Waals surface area (Å²) in [7, 11) is 0. The van der Waals surface area contributed by atoms with Crippen LogP contribution in [-0.4, -0.2) is 37.8 Å². The third-order valence-corrected chi connectivity index (χ3v) is 4.85. The first-order chi connectivity index (χ1) is 9.24. The van der Waals surface area contributed by atoms with Crippen molar-refractivity contribution in [3.05, 3.63) is 35.7 Å². The Kier molecular flexibility index (Phi) is 3.48. The molecule has 1 atom stereocenters. The number of aromatic amines is 1.